The summed E-state index contributed by atoms with van der Waals surface area (Å²) in [5, 5.41) is 3.12. The van der Waals surface area contributed by atoms with Crippen molar-refractivity contribution in [2.24, 2.45) is 0 Å². The van der Waals surface area contributed by atoms with Gasteiger partial charge in [0, 0.05) is 13.1 Å². The van der Waals surface area contributed by atoms with E-state index in [-0.39, 0.29) is 18.5 Å². The third-order valence-electron chi connectivity index (χ3n) is 1.35. The van der Waals surface area contributed by atoms with Gasteiger partial charge in [0.2, 0.25) is 0 Å². The lowest BCUT2D eigenvalue weighted by Gasteiger charge is -2.22. The van der Waals surface area contributed by atoms with E-state index in [0.717, 1.165) is 13.1 Å². The fourth-order valence-corrected chi connectivity index (χ4v) is 0.873. The molecule has 1 fully saturated rings. The molecular formula is C6H12ClNO3. The monoisotopic (exact) mass is 181 g/mol. The van der Waals surface area contributed by atoms with E-state index in [4.69, 9.17) is 4.74 Å². The summed E-state index contributed by atoms with van der Waals surface area (Å²) in [4.78, 5) is 9.75. The molecule has 1 aliphatic heterocycles. The zero-order valence-electron chi connectivity index (χ0n) is 6.12. The van der Waals surface area contributed by atoms with Crippen molar-refractivity contribution in [2.45, 2.75) is 6.10 Å². The maximum Gasteiger partial charge on any atom is 0.293 e. The maximum atomic E-state index is 9.75. The molecular weight excluding hydrogens is 170 g/mol. The molecule has 0 aromatic rings. The van der Waals surface area contributed by atoms with Crippen LogP contribution in [0.1, 0.15) is 0 Å². The van der Waals surface area contributed by atoms with Crippen LogP contribution in [-0.4, -0.2) is 38.9 Å². The van der Waals surface area contributed by atoms with E-state index in [0.29, 0.717) is 19.7 Å². The Morgan fingerprint density at radius 1 is 1.73 bits per heavy atom. The Balaban J connectivity index is 0.000001000. The number of ether oxygens (including phenoxy) is 2. The lowest BCUT2D eigenvalue weighted by molar-refractivity contribution is -0.133. The molecule has 1 aliphatic rings. The van der Waals surface area contributed by atoms with Crippen LogP contribution < -0.4 is 5.32 Å². The van der Waals surface area contributed by atoms with E-state index in [1.807, 2.05) is 0 Å². The van der Waals surface area contributed by atoms with Crippen molar-refractivity contribution in [1.29, 1.82) is 0 Å². The van der Waals surface area contributed by atoms with Crippen LogP contribution in [0, 0.1) is 0 Å². The Bertz CT molecular complexity index is 106. The molecule has 0 aliphatic carbocycles. The van der Waals surface area contributed by atoms with E-state index in [2.05, 4.69) is 10.1 Å². The van der Waals surface area contributed by atoms with Gasteiger partial charge in [0.15, 0.2) is 0 Å². The first-order valence-electron chi connectivity index (χ1n) is 3.31. The highest BCUT2D eigenvalue weighted by Crippen LogP contribution is 1.94. The highest BCUT2D eigenvalue weighted by Gasteiger charge is 2.12. The summed E-state index contributed by atoms with van der Waals surface area (Å²) in [6, 6.07) is 0. The summed E-state index contributed by atoms with van der Waals surface area (Å²) < 4.78 is 9.76. The quantitative estimate of drug-likeness (QED) is 0.601. The normalized spacial score (nSPS) is 23.5. The van der Waals surface area contributed by atoms with Crippen LogP contribution in [0.3, 0.4) is 0 Å². The zero-order chi connectivity index (χ0) is 7.23. The molecule has 66 valence electrons. The number of hydrogen-bond donors (Lipinski definition) is 1. The molecule has 0 bridgehead atoms. The van der Waals surface area contributed by atoms with Gasteiger partial charge in [0.05, 0.1) is 6.61 Å². The van der Waals surface area contributed by atoms with Gasteiger partial charge >= 0.3 is 0 Å². The van der Waals surface area contributed by atoms with Crippen molar-refractivity contribution in [1.82, 2.24) is 5.32 Å². The fourth-order valence-electron chi connectivity index (χ4n) is 0.873. The molecule has 0 saturated carbocycles. The molecule has 1 heterocycles. The van der Waals surface area contributed by atoms with Crippen LogP contribution in [0.2, 0.25) is 0 Å². The highest BCUT2D eigenvalue weighted by atomic mass is 35.5. The van der Waals surface area contributed by atoms with Gasteiger partial charge in [-0.15, -0.1) is 12.4 Å². The zero-order valence-corrected chi connectivity index (χ0v) is 6.93. The fraction of sp³-hybridized carbons (Fsp3) is 0.833. The number of rotatable bonds is 3. The van der Waals surface area contributed by atoms with Crippen LogP contribution in [0.25, 0.3) is 0 Å². The minimum absolute atomic E-state index is 0. The summed E-state index contributed by atoms with van der Waals surface area (Å²) in [5.41, 5.74) is 0. The first kappa shape index (κ1) is 10.7. The van der Waals surface area contributed by atoms with E-state index in [1.54, 1.807) is 0 Å². The molecule has 1 N–H and O–H groups in total. The Hall–Kier alpha value is -0.320. The Kier molecular flexibility index (Phi) is 6.21. The summed E-state index contributed by atoms with van der Waals surface area (Å²) in [7, 11) is 0. The Labute approximate surface area is 71.6 Å². The molecule has 0 radical (unpaired) electrons. The number of morpholine rings is 1. The van der Waals surface area contributed by atoms with Crippen LogP contribution in [-0.2, 0) is 14.3 Å². The molecule has 0 aromatic heterocycles. The van der Waals surface area contributed by atoms with Gasteiger partial charge < -0.3 is 14.8 Å². The van der Waals surface area contributed by atoms with Crippen molar-refractivity contribution in [2.75, 3.05) is 26.3 Å². The lowest BCUT2D eigenvalue weighted by Crippen LogP contribution is -2.40. The molecule has 1 saturated heterocycles. The standard InChI is InChI=1S/C6H11NO3.ClH/c8-5-9-4-6-3-7-1-2-10-6;/h5-7H,1-4H2;1H. The topological polar surface area (TPSA) is 47.6 Å². The van der Waals surface area contributed by atoms with E-state index in [9.17, 15) is 4.79 Å². The first-order chi connectivity index (χ1) is 4.93. The molecule has 1 atom stereocenters. The van der Waals surface area contributed by atoms with Crippen LogP contribution >= 0.6 is 12.4 Å². The third kappa shape index (κ3) is 4.19. The first-order valence-corrected chi connectivity index (χ1v) is 3.31. The second kappa shape index (κ2) is 6.39. The summed E-state index contributed by atoms with van der Waals surface area (Å²) >= 11 is 0. The van der Waals surface area contributed by atoms with Crippen molar-refractivity contribution < 1.29 is 14.3 Å². The van der Waals surface area contributed by atoms with Gasteiger partial charge in [-0.1, -0.05) is 0 Å². The van der Waals surface area contributed by atoms with Gasteiger partial charge in [-0.25, -0.2) is 0 Å². The Morgan fingerprint density at radius 2 is 2.55 bits per heavy atom. The van der Waals surface area contributed by atoms with Gasteiger partial charge in [-0.05, 0) is 0 Å². The lowest BCUT2D eigenvalue weighted by atomic mass is 10.3. The molecule has 0 amide bonds. The van der Waals surface area contributed by atoms with Crippen molar-refractivity contribution >= 4 is 18.9 Å². The van der Waals surface area contributed by atoms with Gasteiger partial charge in [0.1, 0.15) is 12.7 Å². The highest BCUT2D eigenvalue weighted by molar-refractivity contribution is 5.85. The number of carbonyl (C=O) groups is 1. The minimum atomic E-state index is 0. The smallest absolute Gasteiger partial charge is 0.293 e. The van der Waals surface area contributed by atoms with Crippen LogP contribution in [0.5, 0.6) is 0 Å². The number of hydrogen-bond acceptors (Lipinski definition) is 4. The SMILES string of the molecule is Cl.O=COCC1CNCCO1. The van der Waals surface area contributed by atoms with Crippen LogP contribution in [0.4, 0.5) is 0 Å². The summed E-state index contributed by atoms with van der Waals surface area (Å²) in [5.74, 6) is 0. The second-order valence-electron chi connectivity index (χ2n) is 2.13. The number of nitrogens with one attached hydrogen (secondary N) is 1. The summed E-state index contributed by atoms with van der Waals surface area (Å²) in [6.45, 7) is 3.16. The van der Waals surface area contributed by atoms with Crippen molar-refractivity contribution in [3.63, 3.8) is 0 Å². The second-order valence-corrected chi connectivity index (χ2v) is 2.13. The maximum absolute atomic E-state index is 9.75. The molecule has 11 heavy (non-hydrogen) atoms. The minimum Gasteiger partial charge on any atom is -0.465 e. The average Bonchev–Trinajstić information content (AvgIpc) is 2.03. The molecule has 0 aromatic carbocycles. The van der Waals surface area contributed by atoms with Crippen LogP contribution in [0.15, 0.2) is 0 Å². The van der Waals surface area contributed by atoms with E-state index >= 15 is 0 Å². The predicted octanol–water partition coefficient (Wildman–Crippen LogP) is -0.430. The molecule has 5 heteroatoms. The van der Waals surface area contributed by atoms with E-state index in [1.165, 1.54) is 0 Å². The number of halogens is 1. The average molecular weight is 182 g/mol. The van der Waals surface area contributed by atoms with Gasteiger partial charge in [-0.3, -0.25) is 4.79 Å². The largest absolute Gasteiger partial charge is 0.465 e. The van der Waals surface area contributed by atoms with Crippen molar-refractivity contribution in [3.05, 3.63) is 0 Å². The molecule has 0 spiro atoms. The van der Waals surface area contributed by atoms with Crippen molar-refractivity contribution in [3.8, 4) is 0 Å². The Morgan fingerprint density at radius 3 is 3.09 bits per heavy atom. The molecule has 1 rings (SSSR count). The van der Waals surface area contributed by atoms with E-state index < -0.39 is 0 Å². The molecule has 4 nitrogen and oxygen atoms in total. The molecule has 1 unspecified atom stereocenters. The summed E-state index contributed by atoms with van der Waals surface area (Å²) in [6.07, 6.45) is 0.0407. The van der Waals surface area contributed by atoms with Gasteiger partial charge in [0.25, 0.3) is 6.47 Å². The van der Waals surface area contributed by atoms with Gasteiger partial charge in [-0.2, -0.15) is 0 Å². The predicted molar refractivity (Wildman–Crippen MR) is 41.9 cm³/mol. The number of carbonyl (C=O) groups excluding carboxylic acids is 1. The third-order valence-corrected chi connectivity index (χ3v) is 1.35.